The van der Waals surface area contributed by atoms with E-state index < -0.39 is 6.10 Å². The Morgan fingerprint density at radius 1 is 1.27 bits per heavy atom. The van der Waals surface area contributed by atoms with Gasteiger partial charge < -0.3 is 14.7 Å². The van der Waals surface area contributed by atoms with Crippen molar-refractivity contribution in [1.29, 1.82) is 0 Å². The first kappa shape index (κ1) is 17.3. The number of aliphatic hydroxyl groups excluding tert-OH is 1. The van der Waals surface area contributed by atoms with Gasteiger partial charge in [-0.1, -0.05) is 39.0 Å². The van der Waals surface area contributed by atoms with E-state index in [0.717, 1.165) is 37.7 Å². The molecule has 1 aromatic carbocycles. The topological polar surface area (TPSA) is 32.7 Å². The number of rotatable bonds is 7. The molecule has 2 atom stereocenters. The lowest BCUT2D eigenvalue weighted by molar-refractivity contribution is 0.0559. The van der Waals surface area contributed by atoms with Gasteiger partial charge in [-0.2, -0.15) is 0 Å². The van der Waals surface area contributed by atoms with Gasteiger partial charge in [0.1, 0.15) is 18.5 Å². The lowest BCUT2D eigenvalue weighted by atomic mass is 9.98. The van der Waals surface area contributed by atoms with Crippen LogP contribution in [0.25, 0.3) is 0 Å². The molecule has 3 nitrogen and oxygen atoms in total. The van der Waals surface area contributed by atoms with Crippen molar-refractivity contribution in [3.63, 3.8) is 0 Å². The number of hydrogen-bond acceptors (Lipinski definition) is 3. The van der Waals surface area contributed by atoms with Crippen molar-refractivity contribution in [3.05, 3.63) is 29.8 Å². The Hall–Kier alpha value is -1.06. The van der Waals surface area contributed by atoms with Crippen LogP contribution in [-0.2, 0) is 0 Å². The van der Waals surface area contributed by atoms with E-state index in [9.17, 15) is 5.11 Å². The fourth-order valence-corrected chi connectivity index (χ4v) is 3.02. The highest BCUT2D eigenvalue weighted by Crippen LogP contribution is 2.28. The summed E-state index contributed by atoms with van der Waals surface area (Å²) < 4.78 is 5.91. The fourth-order valence-electron chi connectivity index (χ4n) is 3.02. The van der Waals surface area contributed by atoms with Crippen LogP contribution < -0.4 is 4.74 Å². The third kappa shape index (κ3) is 4.99. The maximum atomic E-state index is 10.2. The Labute approximate surface area is 135 Å². The average Bonchev–Trinajstić information content (AvgIpc) is 2.54. The molecular weight excluding hydrogens is 274 g/mol. The van der Waals surface area contributed by atoms with Crippen molar-refractivity contribution >= 4 is 0 Å². The standard InChI is InChI=1S/C19H31NO2/c1-4-16(3)18-7-5-6-8-19(18)22-14-17(21)13-20-11-9-15(2)10-12-20/h5-8,15-17,21H,4,9-14H2,1-3H3/t16-,17+/m0/s1. The van der Waals surface area contributed by atoms with Gasteiger partial charge in [0, 0.05) is 6.54 Å². The number of nitrogens with zero attached hydrogens (tertiary/aromatic N) is 1. The van der Waals surface area contributed by atoms with Crippen molar-refractivity contribution < 1.29 is 9.84 Å². The lowest BCUT2D eigenvalue weighted by Gasteiger charge is -2.31. The molecule has 0 amide bonds. The SMILES string of the molecule is CC[C@H](C)c1ccccc1OC[C@H](O)CN1CCC(C)CC1. The van der Waals surface area contributed by atoms with Gasteiger partial charge in [-0.25, -0.2) is 0 Å². The number of piperidine rings is 1. The molecule has 0 aliphatic carbocycles. The number of para-hydroxylation sites is 1. The van der Waals surface area contributed by atoms with Gasteiger partial charge >= 0.3 is 0 Å². The monoisotopic (exact) mass is 305 g/mol. The van der Waals surface area contributed by atoms with E-state index in [0.29, 0.717) is 12.5 Å². The molecule has 0 aromatic heterocycles. The largest absolute Gasteiger partial charge is 0.491 e. The van der Waals surface area contributed by atoms with Crippen LogP contribution in [0.2, 0.25) is 0 Å². The second-order valence-corrected chi connectivity index (χ2v) is 6.80. The van der Waals surface area contributed by atoms with Gasteiger partial charge in [0.25, 0.3) is 0 Å². The van der Waals surface area contributed by atoms with Gasteiger partial charge in [-0.15, -0.1) is 0 Å². The summed E-state index contributed by atoms with van der Waals surface area (Å²) in [6.07, 6.45) is 3.16. The van der Waals surface area contributed by atoms with E-state index in [2.05, 4.69) is 37.8 Å². The van der Waals surface area contributed by atoms with Gasteiger partial charge in [0.15, 0.2) is 0 Å². The van der Waals surface area contributed by atoms with Crippen LogP contribution in [0.5, 0.6) is 5.75 Å². The van der Waals surface area contributed by atoms with E-state index in [1.807, 2.05) is 12.1 Å². The molecule has 1 aliphatic rings. The van der Waals surface area contributed by atoms with Crippen LogP contribution in [0.15, 0.2) is 24.3 Å². The Morgan fingerprint density at radius 3 is 2.64 bits per heavy atom. The Kier molecular flexibility index (Phi) is 6.71. The number of ether oxygens (including phenoxy) is 1. The zero-order chi connectivity index (χ0) is 15.9. The molecule has 2 rings (SSSR count). The minimum Gasteiger partial charge on any atom is -0.491 e. The highest BCUT2D eigenvalue weighted by atomic mass is 16.5. The molecule has 0 saturated carbocycles. The highest BCUT2D eigenvalue weighted by molar-refractivity contribution is 5.35. The smallest absolute Gasteiger partial charge is 0.122 e. The molecule has 1 N–H and O–H groups in total. The number of likely N-dealkylation sites (tertiary alicyclic amines) is 1. The fraction of sp³-hybridized carbons (Fsp3) is 0.684. The number of β-amino-alcohol motifs (C(OH)–C–C–N with tert-alkyl or cyclic N) is 1. The Balaban J connectivity index is 1.82. The lowest BCUT2D eigenvalue weighted by Crippen LogP contribution is -2.40. The van der Waals surface area contributed by atoms with Crippen LogP contribution in [0.4, 0.5) is 0 Å². The maximum absolute atomic E-state index is 10.2. The second-order valence-electron chi connectivity index (χ2n) is 6.80. The van der Waals surface area contributed by atoms with Crippen LogP contribution in [-0.4, -0.2) is 42.4 Å². The van der Waals surface area contributed by atoms with Gasteiger partial charge in [-0.05, 0) is 55.8 Å². The van der Waals surface area contributed by atoms with E-state index in [1.165, 1.54) is 18.4 Å². The quantitative estimate of drug-likeness (QED) is 0.834. The molecule has 0 bridgehead atoms. The van der Waals surface area contributed by atoms with Crippen LogP contribution >= 0.6 is 0 Å². The first-order valence-electron chi connectivity index (χ1n) is 8.72. The molecule has 1 aliphatic heterocycles. The summed E-state index contributed by atoms with van der Waals surface area (Å²) in [6.45, 7) is 10.0. The van der Waals surface area contributed by atoms with E-state index in [-0.39, 0.29) is 0 Å². The second kappa shape index (κ2) is 8.54. The molecular formula is C19H31NO2. The summed E-state index contributed by atoms with van der Waals surface area (Å²) in [7, 11) is 0. The minimum absolute atomic E-state index is 0.375. The first-order valence-corrected chi connectivity index (χ1v) is 8.72. The Morgan fingerprint density at radius 2 is 1.95 bits per heavy atom. The van der Waals surface area contributed by atoms with Crippen molar-refractivity contribution in [3.8, 4) is 5.75 Å². The Bertz CT molecular complexity index is 441. The highest BCUT2D eigenvalue weighted by Gasteiger charge is 2.19. The van der Waals surface area contributed by atoms with Gasteiger partial charge in [0.05, 0.1) is 0 Å². The summed E-state index contributed by atoms with van der Waals surface area (Å²) in [5.74, 6) is 2.23. The molecule has 1 saturated heterocycles. The normalized spacial score (nSPS) is 19.8. The molecule has 1 fully saturated rings. The molecule has 3 heteroatoms. The third-order valence-electron chi connectivity index (χ3n) is 4.84. The van der Waals surface area contributed by atoms with Crippen LogP contribution in [0, 0.1) is 5.92 Å². The van der Waals surface area contributed by atoms with Gasteiger partial charge in [-0.3, -0.25) is 0 Å². The minimum atomic E-state index is -0.418. The molecule has 1 heterocycles. The average molecular weight is 305 g/mol. The van der Waals surface area contributed by atoms with Gasteiger partial charge in [0.2, 0.25) is 0 Å². The van der Waals surface area contributed by atoms with Crippen LogP contribution in [0.1, 0.15) is 51.5 Å². The van der Waals surface area contributed by atoms with Crippen molar-refractivity contribution in [2.75, 3.05) is 26.2 Å². The molecule has 1 aromatic rings. The zero-order valence-electron chi connectivity index (χ0n) is 14.3. The van der Waals surface area contributed by atoms with Crippen molar-refractivity contribution in [2.24, 2.45) is 5.92 Å². The van der Waals surface area contributed by atoms with Crippen LogP contribution in [0.3, 0.4) is 0 Å². The third-order valence-corrected chi connectivity index (χ3v) is 4.84. The summed E-state index contributed by atoms with van der Waals surface area (Å²) in [5, 5.41) is 10.2. The molecule has 0 radical (unpaired) electrons. The van der Waals surface area contributed by atoms with E-state index in [4.69, 9.17) is 4.74 Å². The van der Waals surface area contributed by atoms with Crippen molar-refractivity contribution in [2.45, 2.75) is 52.1 Å². The maximum Gasteiger partial charge on any atom is 0.122 e. The first-order chi connectivity index (χ1) is 10.6. The zero-order valence-corrected chi connectivity index (χ0v) is 14.3. The number of benzene rings is 1. The molecule has 0 spiro atoms. The number of hydrogen-bond donors (Lipinski definition) is 1. The molecule has 22 heavy (non-hydrogen) atoms. The predicted octanol–water partition coefficient (Wildman–Crippen LogP) is 3.67. The summed E-state index contributed by atoms with van der Waals surface area (Å²) in [4.78, 5) is 2.36. The molecule has 124 valence electrons. The predicted molar refractivity (Wildman–Crippen MR) is 91.5 cm³/mol. The van der Waals surface area contributed by atoms with E-state index >= 15 is 0 Å². The summed E-state index contributed by atoms with van der Waals surface area (Å²) in [5.41, 5.74) is 1.24. The summed E-state index contributed by atoms with van der Waals surface area (Å²) >= 11 is 0. The summed E-state index contributed by atoms with van der Waals surface area (Å²) in [6, 6.07) is 8.19. The number of aliphatic hydroxyl groups is 1. The molecule has 0 unspecified atom stereocenters. The van der Waals surface area contributed by atoms with E-state index in [1.54, 1.807) is 0 Å². The van der Waals surface area contributed by atoms with Crippen molar-refractivity contribution in [1.82, 2.24) is 4.90 Å².